The molecular weight excluding hydrogens is 402 g/mol. The van der Waals surface area contributed by atoms with Gasteiger partial charge in [0.05, 0.1) is 5.33 Å². The summed E-state index contributed by atoms with van der Waals surface area (Å²) in [7, 11) is 0. The molecule has 26 heavy (non-hydrogen) atoms. The van der Waals surface area contributed by atoms with E-state index in [4.69, 9.17) is 0 Å². The Morgan fingerprint density at radius 1 is 1.27 bits per heavy atom. The number of Topliss-reactive ketones (excluding diaryl/α,β-unsaturated/α-hetero) is 1. The summed E-state index contributed by atoms with van der Waals surface area (Å²) in [6.07, 6.45) is 5.77. The molecule has 4 rings (SSSR count). The van der Waals surface area contributed by atoms with Crippen molar-refractivity contribution >= 4 is 21.7 Å². The quantitative estimate of drug-likeness (QED) is 0.497. The topological polar surface area (TPSA) is 37.3 Å². The number of alkyl halides is 3. The molecule has 0 aliphatic heterocycles. The number of ketones is 1. The summed E-state index contributed by atoms with van der Waals surface area (Å²) in [6.45, 7) is 2.32. The maximum Gasteiger partial charge on any atom is 0.267 e. The first-order valence-electron chi connectivity index (χ1n) is 10.1. The number of carbonyl (C=O) groups excluding carboxylic acids is 1. The first kappa shape index (κ1) is 19.0. The Morgan fingerprint density at radius 2 is 2.04 bits per heavy atom. The molecule has 0 aromatic carbocycles. The fourth-order valence-electron chi connectivity index (χ4n) is 7.13. The zero-order valence-corrected chi connectivity index (χ0v) is 17.0. The lowest BCUT2D eigenvalue weighted by Gasteiger charge is -2.54. The van der Waals surface area contributed by atoms with Crippen molar-refractivity contribution in [2.45, 2.75) is 70.3 Å². The standard InChI is InChI=1S/C21H29BrF2O2/c1-20-8-6-14-13-7-9-21(26,19(23)24)10-12(13)2-3-15(14)16(20)4-5-17(20)18(25)11-22/h2,13-17,19,26H,3-11H2,1H3. The van der Waals surface area contributed by atoms with Gasteiger partial charge in [0.1, 0.15) is 11.4 Å². The Balaban J connectivity index is 1.57. The van der Waals surface area contributed by atoms with E-state index in [0.29, 0.717) is 41.2 Å². The van der Waals surface area contributed by atoms with Gasteiger partial charge in [0, 0.05) is 12.3 Å². The van der Waals surface area contributed by atoms with Crippen LogP contribution in [0.3, 0.4) is 0 Å². The van der Waals surface area contributed by atoms with Crippen molar-refractivity contribution < 1.29 is 18.7 Å². The van der Waals surface area contributed by atoms with Gasteiger partial charge < -0.3 is 5.11 Å². The third-order valence-corrected chi connectivity index (χ3v) is 9.02. The van der Waals surface area contributed by atoms with Crippen LogP contribution in [0.1, 0.15) is 58.3 Å². The fraction of sp³-hybridized carbons (Fsp3) is 0.857. The molecule has 1 N–H and O–H groups in total. The molecule has 0 radical (unpaired) electrons. The van der Waals surface area contributed by atoms with Crippen LogP contribution >= 0.6 is 15.9 Å². The van der Waals surface area contributed by atoms with Crippen LogP contribution < -0.4 is 0 Å². The van der Waals surface area contributed by atoms with E-state index in [2.05, 4.69) is 28.9 Å². The largest absolute Gasteiger partial charge is 0.384 e. The lowest BCUT2D eigenvalue weighted by Crippen LogP contribution is -2.50. The van der Waals surface area contributed by atoms with Gasteiger partial charge in [0.2, 0.25) is 0 Å². The fourth-order valence-corrected chi connectivity index (χ4v) is 7.52. The van der Waals surface area contributed by atoms with Crippen LogP contribution in [0, 0.1) is 35.0 Å². The number of carbonyl (C=O) groups is 1. The van der Waals surface area contributed by atoms with Gasteiger partial charge in [0.25, 0.3) is 6.43 Å². The van der Waals surface area contributed by atoms with Gasteiger partial charge in [-0.1, -0.05) is 34.5 Å². The van der Waals surface area contributed by atoms with Crippen molar-refractivity contribution in [3.05, 3.63) is 11.6 Å². The SMILES string of the molecule is CC12CCC3C4CCC(O)(C(F)F)CC4=CCC3C1CCC2C(=O)CBr. The van der Waals surface area contributed by atoms with Gasteiger partial charge >= 0.3 is 0 Å². The summed E-state index contributed by atoms with van der Waals surface area (Å²) < 4.78 is 26.5. The highest BCUT2D eigenvalue weighted by atomic mass is 79.9. The Labute approximate surface area is 162 Å². The van der Waals surface area contributed by atoms with Crippen LogP contribution in [0.4, 0.5) is 8.78 Å². The van der Waals surface area contributed by atoms with Crippen molar-refractivity contribution in [2.24, 2.45) is 35.0 Å². The molecule has 7 unspecified atom stereocenters. The van der Waals surface area contributed by atoms with Gasteiger partial charge in [-0.25, -0.2) is 8.78 Å². The van der Waals surface area contributed by atoms with Crippen LogP contribution in [-0.2, 0) is 4.79 Å². The monoisotopic (exact) mass is 430 g/mol. The van der Waals surface area contributed by atoms with Crippen LogP contribution in [0.25, 0.3) is 0 Å². The Bertz CT molecular complexity index is 621. The average molecular weight is 431 g/mol. The van der Waals surface area contributed by atoms with E-state index in [9.17, 15) is 18.7 Å². The maximum atomic E-state index is 13.3. The maximum absolute atomic E-state index is 13.3. The minimum Gasteiger partial charge on any atom is -0.384 e. The smallest absolute Gasteiger partial charge is 0.267 e. The minimum atomic E-state index is -2.66. The molecule has 0 heterocycles. The van der Waals surface area contributed by atoms with E-state index in [0.717, 1.165) is 37.7 Å². The predicted octanol–water partition coefficient (Wildman–Crippen LogP) is 5.14. The van der Waals surface area contributed by atoms with E-state index >= 15 is 0 Å². The van der Waals surface area contributed by atoms with Gasteiger partial charge in [-0.15, -0.1) is 0 Å². The van der Waals surface area contributed by atoms with Crippen molar-refractivity contribution in [3.8, 4) is 0 Å². The minimum absolute atomic E-state index is 0.107. The second-order valence-electron chi connectivity index (χ2n) is 9.45. The summed E-state index contributed by atoms with van der Waals surface area (Å²) in [5.74, 6) is 2.58. The van der Waals surface area contributed by atoms with E-state index in [-0.39, 0.29) is 24.2 Å². The highest BCUT2D eigenvalue weighted by Gasteiger charge is 2.58. The Morgan fingerprint density at radius 3 is 2.73 bits per heavy atom. The second-order valence-corrected chi connectivity index (χ2v) is 10.0. The van der Waals surface area contributed by atoms with Crippen LogP contribution in [-0.4, -0.2) is 28.2 Å². The number of hydrogen-bond donors (Lipinski definition) is 1. The third-order valence-electron chi connectivity index (χ3n) is 8.46. The molecule has 0 aromatic rings. The van der Waals surface area contributed by atoms with Gasteiger partial charge in [-0.3, -0.25) is 4.79 Å². The van der Waals surface area contributed by atoms with E-state index < -0.39 is 12.0 Å². The highest BCUT2D eigenvalue weighted by molar-refractivity contribution is 9.09. The molecule has 4 aliphatic rings. The van der Waals surface area contributed by atoms with Crippen molar-refractivity contribution in [2.75, 3.05) is 5.33 Å². The van der Waals surface area contributed by atoms with E-state index in [1.807, 2.05) is 0 Å². The van der Waals surface area contributed by atoms with Crippen molar-refractivity contribution in [1.29, 1.82) is 0 Å². The lowest BCUT2D eigenvalue weighted by atomic mass is 9.51. The zero-order chi connectivity index (χ0) is 18.7. The number of fused-ring (bicyclic) bond motifs is 5. The normalized spacial score (nSPS) is 47.8. The number of aliphatic hydroxyl groups is 1. The Kier molecular flexibility index (Phi) is 4.87. The van der Waals surface area contributed by atoms with Crippen molar-refractivity contribution in [1.82, 2.24) is 0 Å². The van der Waals surface area contributed by atoms with Crippen LogP contribution in [0.2, 0.25) is 0 Å². The zero-order valence-electron chi connectivity index (χ0n) is 15.4. The molecule has 146 valence electrons. The van der Waals surface area contributed by atoms with Gasteiger partial charge in [-0.05, 0) is 74.0 Å². The third kappa shape index (κ3) is 2.75. The van der Waals surface area contributed by atoms with Crippen molar-refractivity contribution in [3.63, 3.8) is 0 Å². The molecule has 7 atom stereocenters. The molecule has 2 nitrogen and oxygen atoms in total. The molecular formula is C21H29BrF2O2. The molecule has 0 amide bonds. The molecule has 3 fully saturated rings. The van der Waals surface area contributed by atoms with E-state index in [1.165, 1.54) is 0 Å². The first-order valence-corrected chi connectivity index (χ1v) is 11.2. The molecule has 3 saturated carbocycles. The molecule has 0 saturated heterocycles. The number of hydrogen-bond acceptors (Lipinski definition) is 2. The summed E-state index contributed by atoms with van der Waals surface area (Å²) in [5, 5.41) is 10.7. The van der Waals surface area contributed by atoms with Crippen LogP contribution in [0.15, 0.2) is 11.6 Å². The summed E-state index contributed by atoms with van der Waals surface area (Å²) in [6, 6.07) is 0. The average Bonchev–Trinajstić information content (AvgIpc) is 2.97. The molecule has 0 bridgehead atoms. The second kappa shape index (κ2) is 6.65. The van der Waals surface area contributed by atoms with Gasteiger partial charge in [0.15, 0.2) is 0 Å². The highest BCUT2D eigenvalue weighted by Crippen LogP contribution is 2.63. The lowest BCUT2D eigenvalue weighted by molar-refractivity contribution is -0.128. The first-order chi connectivity index (χ1) is 12.3. The summed E-state index contributed by atoms with van der Waals surface area (Å²) in [5.41, 5.74) is -0.635. The molecule has 5 heteroatoms. The molecule has 0 aromatic heterocycles. The van der Waals surface area contributed by atoms with Crippen LogP contribution in [0.5, 0.6) is 0 Å². The Hall–Kier alpha value is -0.290. The molecule has 0 spiro atoms. The predicted molar refractivity (Wildman–Crippen MR) is 100 cm³/mol. The van der Waals surface area contributed by atoms with E-state index in [1.54, 1.807) is 0 Å². The van der Waals surface area contributed by atoms with Gasteiger partial charge in [-0.2, -0.15) is 0 Å². The molecule has 4 aliphatic carbocycles. The number of rotatable bonds is 3. The summed E-state index contributed by atoms with van der Waals surface area (Å²) >= 11 is 3.36. The number of allylic oxidation sites excluding steroid dienone is 1. The number of halogens is 3. The summed E-state index contributed by atoms with van der Waals surface area (Å²) in [4.78, 5) is 12.4.